The summed E-state index contributed by atoms with van der Waals surface area (Å²) in [6, 6.07) is 10.0. The van der Waals surface area contributed by atoms with Crippen LogP contribution in [0.15, 0.2) is 35.3 Å². The Hall–Kier alpha value is -1.31. The molecule has 1 aromatic rings. The lowest BCUT2D eigenvalue weighted by Crippen LogP contribution is -2.32. The van der Waals surface area contributed by atoms with Crippen LogP contribution in [0.3, 0.4) is 0 Å². The highest BCUT2D eigenvalue weighted by atomic mass is 14.9. The van der Waals surface area contributed by atoms with Crippen LogP contribution in [-0.4, -0.2) is 12.4 Å². The van der Waals surface area contributed by atoms with E-state index in [9.17, 15) is 0 Å². The van der Waals surface area contributed by atoms with Gasteiger partial charge in [-0.3, -0.25) is 4.99 Å². The van der Waals surface area contributed by atoms with Crippen molar-refractivity contribution in [2.75, 3.05) is 6.54 Å². The molecule has 0 heterocycles. The summed E-state index contributed by atoms with van der Waals surface area (Å²) in [5.74, 6) is 0.681. The van der Waals surface area contributed by atoms with E-state index in [4.69, 9.17) is 5.73 Å². The molecule has 1 aliphatic carbocycles. The summed E-state index contributed by atoms with van der Waals surface area (Å²) in [4.78, 5) is 4.55. The maximum atomic E-state index is 5.99. The van der Waals surface area contributed by atoms with Crippen LogP contribution in [0.2, 0.25) is 0 Å². The van der Waals surface area contributed by atoms with Gasteiger partial charge in [-0.2, -0.15) is 0 Å². The number of benzene rings is 1. The first-order valence-corrected chi connectivity index (χ1v) is 6.11. The largest absolute Gasteiger partial charge is 0.384 e. The Kier molecular flexibility index (Phi) is 3.28. The molecule has 0 atom stereocenters. The molecule has 16 heavy (non-hydrogen) atoms. The molecule has 2 nitrogen and oxygen atoms in total. The summed E-state index contributed by atoms with van der Waals surface area (Å²) in [7, 11) is 0. The van der Waals surface area contributed by atoms with Crippen molar-refractivity contribution < 1.29 is 0 Å². The summed E-state index contributed by atoms with van der Waals surface area (Å²) in [5, 5.41) is 0. The summed E-state index contributed by atoms with van der Waals surface area (Å²) in [6.07, 6.45) is 5.21. The molecule has 0 saturated heterocycles. The highest BCUT2D eigenvalue weighted by molar-refractivity contribution is 5.97. The van der Waals surface area contributed by atoms with E-state index in [0.717, 1.165) is 12.1 Å². The molecule has 2 heteroatoms. The van der Waals surface area contributed by atoms with Gasteiger partial charge in [0.1, 0.15) is 5.84 Å². The Morgan fingerprint density at radius 3 is 2.50 bits per heavy atom. The molecule has 86 valence electrons. The van der Waals surface area contributed by atoms with Crippen molar-refractivity contribution in [3.05, 3.63) is 35.9 Å². The molecule has 1 fully saturated rings. The highest BCUT2D eigenvalue weighted by Crippen LogP contribution is 2.43. The smallest absolute Gasteiger partial charge is 0.125 e. The zero-order valence-electron chi connectivity index (χ0n) is 9.95. The van der Waals surface area contributed by atoms with Crippen molar-refractivity contribution in [2.45, 2.75) is 32.6 Å². The topological polar surface area (TPSA) is 38.4 Å². The van der Waals surface area contributed by atoms with Gasteiger partial charge in [-0.05, 0) is 24.7 Å². The molecule has 1 aliphatic rings. The number of nitrogens with two attached hydrogens (primary N) is 1. The first-order chi connectivity index (χ1) is 7.76. The van der Waals surface area contributed by atoms with Gasteiger partial charge in [0, 0.05) is 12.1 Å². The van der Waals surface area contributed by atoms with Crippen LogP contribution in [0.4, 0.5) is 0 Å². The van der Waals surface area contributed by atoms with Crippen molar-refractivity contribution in [2.24, 2.45) is 16.1 Å². The lowest BCUT2D eigenvalue weighted by Gasteiger charge is -2.40. The van der Waals surface area contributed by atoms with E-state index >= 15 is 0 Å². The number of hydrogen-bond acceptors (Lipinski definition) is 1. The van der Waals surface area contributed by atoms with Crippen LogP contribution in [0, 0.1) is 5.41 Å². The van der Waals surface area contributed by atoms with E-state index in [1.165, 1.54) is 25.7 Å². The third-order valence-electron chi connectivity index (χ3n) is 3.82. The molecule has 2 N–H and O–H groups in total. The summed E-state index contributed by atoms with van der Waals surface area (Å²) in [5.41, 5.74) is 7.48. The molecule has 0 radical (unpaired) electrons. The fourth-order valence-electron chi connectivity index (χ4n) is 2.25. The third kappa shape index (κ3) is 2.26. The standard InChI is InChI=1S/C14H20N2/c1-2-14(9-6-10-14)11-16-13(15)12-7-4-3-5-8-12/h3-5,7-8H,2,6,9-11H2,1H3,(H2,15,16). The maximum Gasteiger partial charge on any atom is 0.125 e. The summed E-state index contributed by atoms with van der Waals surface area (Å²) >= 11 is 0. The van der Waals surface area contributed by atoms with Crippen molar-refractivity contribution in [1.82, 2.24) is 0 Å². The average Bonchev–Trinajstić information content (AvgIpc) is 2.29. The molecule has 1 saturated carbocycles. The fraction of sp³-hybridized carbons (Fsp3) is 0.500. The predicted molar refractivity (Wildman–Crippen MR) is 68.6 cm³/mol. The van der Waals surface area contributed by atoms with E-state index < -0.39 is 0 Å². The molecule has 1 aromatic carbocycles. The molecule has 0 unspecified atom stereocenters. The second kappa shape index (κ2) is 4.69. The quantitative estimate of drug-likeness (QED) is 0.610. The minimum atomic E-state index is 0.458. The van der Waals surface area contributed by atoms with Gasteiger partial charge in [0.15, 0.2) is 0 Å². The average molecular weight is 216 g/mol. The Balaban J connectivity index is 2.02. The zero-order chi connectivity index (χ0) is 11.4. The van der Waals surface area contributed by atoms with Crippen molar-refractivity contribution in [1.29, 1.82) is 0 Å². The van der Waals surface area contributed by atoms with Crippen LogP contribution in [0.25, 0.3) is 0 Å². The minimum Gasteiger partial charge on any atom is -0.384 e. The number of aliphatic imine (C=N–C) groups is 1. The SMILES string of the molecule is CCC1(CN=C(N)c2ccccc2)CCC1. The van der Waals surface area contributed by atoms with Crippen LogP contribution < -0.4 is 5.73 Å². The van der Waals surface area contributed by atoms with E-state index in [2.05, 4.69) is 11.9 Å². The van der Waals surface area contributed by atoms with E-state index in [-0.39, 0.29) is 0 Å². The first kappa shape index (κ1) is 11.2. The molecular weight excluding hydrogens is 196 g/mol. The van der Waals surface area contributed by atoms with Crippen LogP contribution in [-0.2, 0) is 0 Å². The zero-order valence-corrected chi connectivity index (χ0v) is 9.95. The molecular formula is C14H20N2. The van der Waals surface area contributed by atoms with E-state index in [1.54, 1.807) is 0 Å². The maximum absolute atomic E-state index is 5.99. The number of nitrogens with zero attached hydrogens (tertiary/aromatic N) is 1. The van der Waals surface area contributed by atoms with Gasteiger partial charge >= 0.3 is 0 Å². The minimum absolute atomic E-state index is 0.458. The van der Waals surface area contributed by atoms with Gasteiger partial charge in [0.05, 0.1) is 0 Å². The molecule has 0 aliphatic heterocycles. The Bertz CT molecular complexity index is 358. The highest BCUT2D eigenvalue weighted by Gasteiger charge is 2.34. The molecule has 2 rings (SSSR count). The van der Waals surface area contributed by atoms with Gasteiger partial charge in [-0.15, -0.1) is 0 Å². The van der Waals surface area contributed by atoms with Crippen molar-refractivity contribution in [3.8, 4) is 0 Å². The summed E-state index contributed by atoms with van der Waals surface area (Å²) < 4.78 is 0. The predicted octanol–water partition coefficient (Wildman–Crippen LogP) is 2.97. The molecule has 0 aromatic heterocycles. The lowest BCUT2D eigenvalue weighted by molar-refractivity contribution is 0.139. The fourth-order valence-corrected chi connectivity index (χ4v) is 2.25. The van der Waals surface area contributed by atoms with Gasteiger partial charge in [0.25, 0.3) is 0 Å². The number of rotatable bonds is 4. The molecule has 0 amide bonds. The van der Waals surface area contributed by atoms with Gasteiger partial charge in [-0.25, -0.2) is 0 Å². The summed E-state index contributed by atoms with van der Waals surface area (Å²) in [6.45, 7) is 3.15. The lowest BCUT2D eigenvalue weighted by atomic mass is 9.67. The van der Waals surface area contributed by atoms with E-state index in [0.29, 0.717) is 11.3 Å². The Morgan fingerprint density at radius 1 is 1.31 bits per heavy atom. The van der Waals surface area contributed by atoms with Crippen molar-refractivity contribution in [3.63, 3.8) is 0 Å². The van der Waals surface area contributed by atoms with Crippen LogP contribution >= 0.6 is 0 Å². The normalized spacial score (nSPS) is 19.2. The second-order valence-electron chi connectivity index (χ2n) is 4.77. The third-order valence-corrected chi connectivity index (χ3v) is 3.82. The Morgan fingerprint density at radius 2 is 2.00 bits per heavy atom. The van der Waals surface area contributed by atoms with Crippen LogP contribution in [0.5, 0.6) is 0 Å². The first-order valence-electron chi connectivity index (χ1n) is 6.11. The molecule has 0 spiro atoms. The second-order valence-corrected chi connectivity index (χ2v) is 4.77. The van der Waals surface area contributed by atoms with Crippen LogP contribution in [0.1, 0.15) is 38.2 Å². The monoisotopic (exact) mass is 216 g/mol. The van der Waals surface area contributed by atoms with Gasteiger partial charge < -0.3 is 5.73 Å². The Labute approximate surface area is 97.6 Å². The van der Waals surface area contributed by atoms with E-state index in [1.807, 2.05) is 30.3 Å². The number of hydrogen-bond donors (Lipinski definition) is 1. The van der Waals surface area contributed by atoms with Gasteiger partial charge in [0.2, 0.25) is 0 Å². The number of amidine groups is 1. The van der Waals surface area contributed by atoms with Crippen molar-refractivity contribution >= 4 is 5.84 Å². The molecule has 0 bridgehead atoms. The van der Waals surface area contributed by atoms with Gasteiger partial charge in [-0.1, -0.05) is 43.7 Å².